The number of anilines is 1. The first-order valence-corrected chi connectivity index (χ1v) is 11.8. The smallest absolute Gasteiger partial charge is 0.338 e. The van der Waals surface area contributed by atoms with Crippen LogP contribution < -0.4 is 4.90 Å². The van der Waals surface area contributed by atoms with Gasteiger partial charge >= 0.3 is 5.97 Å². The Bertz CT molecular complexity index is 1480. The number of hydrogen-bond donors (Lipinski definition) is 0. The number of esters is 1. The highest BCUT2D eigenvalue weighted by molar-refractivity contribution is 6.23. The molecule has 2 heterocycles. The number of rotatable bonds is 6. The van der Waals surface area contributed by atoms with Gasteiger partial charge in [-0.1, -0.05) is 54.6 Å². The third-order valence-corrected chi connectivity index (χ3v) is 5.92. The second-order valence-electron chi connectivity index (χ2n) is 8.47. The summed E-state index contributed by atoms with van der Waals surface area (Å²) in [5, 5.41) is 0. The number of amides is 1. The Morgan fingerprint density at radius 1 is 0.917 bits per heavy atom. The van der Waals surface area contributed by atoms with Crippen molar-refractivity contribution in [3.05, 3.63) is 125 Å². The van der Waals surface area contributed by atoms with E-state index in [4.69, 9.17) is 9.15 Å². The highest BCUT2D eigenvalue weighted by Gasteiger charge is 2.30. The summed E-state index contributed by atoms with van der Waals surface area (Å²) >= 11 is 0. The minimum atomic E-state index is -0.354. The van der Waals surface area contributed by atoms with Crippen molar-refractivity contribution in [1.82, 2.24) is 0 Å². The van der Waals surface area contributed by atoms with Gasteiger partial charge in [0.05, 0.1) is 17.9 Å². The molecule has 36 heavy (non-hydrogen) atoms. The highest BCUT2D eigenvalue weighted by Crippen LogP contribution is 2.36. The minimum Gasteiger partial charge on any atom is -0.462 e. The lowest BCUT2D eigenvalue weighted by molar-refractivity contribution is -0.113. The maximum atomic E-state index is 13.6. The van der Waals surface area contributed by atoms with Crippen LogP contribution in [0.15, 0.2) is 107 Å². The van der Waals surface area contributed by atoms with Crippen LogP contribution in [0.25, 0.3) is 23.1 Å². The lowest BCUT2D eigenvalue weighted by Gasteiger charge is -2.21. The van der Waals surface area contributed by atoms with Crippen molar-refractivity contribution >= 4 is 29.3 Å². The molecule has 0 N–H and O–H groups in total. The minimum absolute atomic E-state index is 0.115. The molecule has 1 amide bonds. The molecule has 3 aromatic carbocycles. The number of carbonyl (C=O) groups excluding carboxylic acids is 2. The number of benzene rings is 3. The summed E-state index contributed by atoms with van der Waals surface area (Å²) in [5.41, 5.74) is 5.52. The fourth-order valence-electron chi connectivity index (χ4n) is 4.18. The number of nitrogens with zero attached hydrogens (tertiary/aromatic N) is 1. The molecule has 0 spiro atoms. The maximum absolute atomic E-state index is 13.6. The van der Waals surface area contributed by atoms with Crippen LogP contribution in [-0.4, -0.2) is 18.5 Å². The van der Waals surface area contributed by atoms with Gasteiger partial charge in [-0.25, -0.2) is 4.79 Å². The van der Waals surface area contributed by atoms with Crippen molar-refractivity contribution in [2.75, 3.05) is 11.5 Å². The van der Waals surface area contributed by atoms with Crippen molar-refractivity contribution in [2.24, 2.45) is 0 Å². The second kappa shape index (κ2) is 9.92. The van der Waals surface area contributed by atoms with Gasteiger partial charge in [-0.3, -0.25) is 9.69 Å². The first kappa shape index (κ1) is 23.1. The van der Waals surface area contributed by atoms with E-state index >= 15 is 0 Å². The van der Waals surface area contributed by atoms with E-state index in [9.17, 15) is 9.59 Å². The summed E-state index contributed by atoms with van der Waals surface area (Å²) < 4.78 is 11.1. The van der Waals surface area contributed by atoms with Crippen LogP contribution in [0, 0.1) is 6.92 Å². The fourth-order valence-corrected chi connectivity index (χ4v) is 4.18. The monoisotopic (exact) mass is 475 g/mol. The predicted octanol–water partition coefficient (Wildman–Crippen LogP) is 6.90. The number of aryl methyl sites for hydroxylation is 1. The number of ether oxygens (including phenoxy) is 1. The van der Waals surface area contributed by atoms with Gasteiger partial charge in [0.1, 0.15) is 11.5 Å². The van der Waals surface area contributed by atoms with Crippen molar-refractivity contribution in [3.8, 4) is 11.3 Å². The standard InChI is InChI=1S/C31H25NO4/c1-3-35-31(34)24-14-12-23(13-15-24)29-17-16-27(36-29)19-25-20-28(22-9-5-4-6-10-22)32(30(25)33)26-11-7-8-21(2)18-26/h4-20H,3H2,1-2H3/b25-19-. The molecule has 0 aliphatic carbocycles. The Morgan fingerprint density at radius 2 is 1.69 bits per heavy atom. The van der Waals surface area contributed by atoms with E-state index in [0.717, 1.165) is 28.1 Å². The highest BCUT2D eigenvalue weighted by atomic mass is 16.5. The van der Waals surface area contributed by atoms with Crippen LogP contribution in [0.4, 0.5) is 5.69 Å². The molecule has 5 nitrogen and oxygen atoms in total. The SMILES string of the molecule is CCOC(=O)c1ccc(-c2ccc(/C=C3/C=C(c4ccccc4)N(c4cccc(C)c4)C3=O)o2)cc1. The van der Waals surface area contributed by atoms with E-state index in [1.54, 1.807) is 30.0 Å². The summed E-state index contributed by atoms with van der Waals surface area (Å²) in [4.78, 5) is 27.2. The van der Waals surface area contributed by atoms with Gasteiger partial charge in [0.15, 0.2) is 0 Å². The average Bonchev–Trinajstić information content (AvgIpc) is 3.49. The molecule has 0 atom stereocenters. The van der Waals surface area contributed by atoms with Crippen molar-refractivity contribution in [3.63, 3.8) is 0 Å². The van der Waals surface area contributed by atoms with Crippen molar-refractivity contribution in [2.45, 2.75) is 13.8 Å². The average molecular weight is 476 g/mol. The Kier molecular flexibility index (Phi) is 6.37. The molecule has 1 aliphatic rings. The quantitative estimate of drug-likeness (QED) is 0.225. The Hall–Kier alpha value is -4.64. The summed E-state index contributed by atoms with van der Waals surface area (Å²) in [7, 11) is 0. The summed E-state index contributed by atoms with van der Waals surface area (Å²) in [6.07, 6.45) is 3.66. The zero-order valence-corrected chi connectivity index (χ0v) is 20.1. The second-order valence-corrected chi connectivity index (χ2v) is 8.47. The van der Waals surface area contributed by atoms with Gasteiger partial charge in [0, 0.05) is 16.8 Å². The first-order chi connectivity index (χ1) is 17.5. The molecule has 0 bridgehead atoms. The van der Waals surface area contributed by atoms with E-state index in [1.807, 2.05) is 91.9 Å². The zero-order chi connectivity index (χ0) is 25.1. The molecule has 4 aromatic rings. The molecular formula is C31H25NO4. The van der Waals surface area contributed by atoms with E-state index in [-0.39, 0.29) is 11.9 Å². The maximum Gasteiger partial charge on any atom is 0.338 e. The van der Waals surface area contributed by atoms with E-state index in [2.05, 4.69) is 0 Å². The van der Waals surface area contributed by atoms with Crippen LogP contribution in [-0.2, 0) is 9.53 Å². The first-order valence-electron chi connectivity index (χ1n) is 11.8. The number of hydrogen-bond acceptors (Lipinski definition) is 4. The number of carbonyl (C=O) groups is 2. The van der Waals surface area contributed by atoms with Crippen LogP contribution >= 0.6 is 0 Å². The van der Waals surface area contributed by atoms with Gasteiger partial charge in [-0.15, -0.1) is 0 Å². The topological polar surface area (TPSA) is 59.8 Å². The van der Waals surface area contributed by atoms with Gasteiger partial charge < -0.3 is 9.15 Å². The molecule has 0 saturated heterocycles. The summed E-state index contributed by atoms with van der Waals surface area (Å²) in [5.74, 6) is 0.743. The lowest BCUT2D eigenvalue weighted by atomic mass is 10.1. The lowest BCUT2D eigenvalue weighted by Crippen LogP contribution is -2.24. The van der Waals surface area contributed by atoms with Crippen molar-refractivity contribution < 1.29 is 18.7 Å². The summed E-state index contributed by atoms with van der Waals surface area (Å²) in [6, 6.07) is 28.5. The van der Waals surface area contributed by atoms with Crippen LogP contribution in [0.1, 0.15) is 34.2 Å². The fraction of sp³-hybridized carbons (Fsp3) is 0.0968. The van der Waals surface area contributed by atoms with Crippen LogP contribution in [0.2, 0.25) is 0 Å². The normalized spacial score (nSPS) is 14.3. The third kappa shape index (κ3) is 4.64. The molecule has 0 saturated carbocycles. The van der Waals surface area contributed by atoms with Gasteiger partial charge in [0.2, 0.25) is 0 Å². The third-order valence-electron chi connectivity index (χ3n) is 5.92. The molecule has 178 valence electrons. The van der Waals surface area contributed by atoms with Gasteiger partial charge in [0.25, 0.3) is 5.91 Å². The number of furan rings is 1. The van der Waals surface area contributed by atoms with Crippen LogP contribution in [0.5, 0.6) is 0 Å². The zero-order valence-electron chi connectivity index (χ0n) is 20.1. The molecule has 5 heteroatoms. The van der Waals surface area contributed by atoms with E-state index in [1.165, 1.54) is 0 Å². The molecular weight excluding hydrogens is 450 g/mol. The van der Waals surface area contributed by atoms with E-state index < -0.39 is 0 Å². The Balaban J connectivity index is 1.46. The van der Waals surface area contributed by atoms with Gasteiger partial charge in [-0.2, -0.15) is 0 Å². The predicted molar refractivity (Wildman–Crippen MR) is 141 cm³/mol. The molecule has 1 aromatic heterocycles. The molecule has 0 unspecified atom stereocenters. The molecule has 1 aliphatic heterocycles. The Labute approximate surface area is 209 Å². The largest absolute Gasteiger partial charge is 0.462 e. The van der Waals surface area contributed by atoms with Gasteiger partial charge in [-0.05, 0) is 73.5 Å². The van der Waals surface area contributed by atoms with Crippen LogP contribution in [0.3, 0.4) is 0 Å². The molecule has 0 radical (unpaired) electrons. The van der Waals surface area contributed by atoms with E-state index in [0.29, 0.717) is 29.3 Å². The Morgan fingerprint density at radius 3 is 2.42 bits per heavy atom. The molecule has 0 fully saturated rings. The summed E-state index contributed by atoms with van der Waals surface area (Å²) in [6.45, 7) is 4.12. The van der Waals surface area contributed by atoms with Crippen molar-refractivity contribution in [1.29, 1.82) is 0 Å². The molecule has 5 rings (SSSR count).